The zero-order chi connectivity index (χ0) is 13.2. The van der Waals surface area contributed by atoms with Crippen molar-refractivity contribution in [3.05, 3.63) is 34.7 Å². The zero-order valence-electron chi connectivity index (χ0n) is 10.8. The fourth-order valence-electron chi connectivity index (χ4n) is 2.86. The van der Waals surface area contributed by atoms with E-state index in [2.05, 4.69) is 10.2 Å². The van der Waals surface area contributed by atoms with Gasteiger partial charge in [0.1, 0.15) is 0 Å². The molecule has 0 bridgehead atoms. The van der Waals surface area contributed by atoms with Crippen molar-refractivity contribution in [1.82, 2.24) is 14.8 Å². The Kier molecular flexibility index (Phi) is 3.11. The number of nitrogens with one attached hydrogen (secondary N) is 1. The molecule has 1 aromatic carbocycles. The lowest BCUT2D eigenvalue weighted by molar-refractivity contribution is 0.349. The number of rotatable bonds is 2. The minimum Gasteiger partial charge on any atom is -0.399 e. The van der Waals surface area contributed by atoms with Crippen LogP contribution in [0.4, 0.5) is 5.69 Å². The molecule has 3 N–H and O–H groups in total. The molecule has 0 atom stereocenters. The van der Waals surface area contributed by atoms with Gasteiger partial charge >= 0.3 is 5.69 Å². The molecule has 0 amide bonds. The number of nitrogen functional groups attached to an aromatic ring is 1. The Morgan fingerprint density at radius 3 is 2.79 bits per heavy atom. The Morgan fingerprint density at radius 2 is 2.05 bits per heavy atom. The summed E-state index contributed by atoms with van der Waals surface area (Å²) in [5.74, 6) is 0.698. The summed E-state index contributed by atoms with van der Waals surface area (Å²) in [5.41, 5.74) is 7.26. The molecule has 1 aliphatic rings. The number of H-pyrrole nitrogens is 1. The smallest absolute Gasteiger partial charge is 0.343 e. The number of anilines is 1. The Balaban J connectivity index is 2.05. The third-order valence-electron chi connectivity index (χ3n) is 3.79. The maximum Gasteiger partial charge on any atom is 0.343 e. The Labute approximate surface area is 111 Å². The van der Waals surface area contributed by atoms with Crippen molar-refractivity contribution in [3.8, 4) is 11.4 Å². The molecule has 5 heteroatoms. The molecule has 0 radical (unpaired) electrons. The number of aromatic amines is 1. The molecule has 1 heterocycles. The van der Waals surface area contributed by atoms with Gasteiger partial charge in [-0.05, 0) is 25.0 Å². The summed E-state index contributed by atoms with van der Waals surface area (Å²) in [7, 11) is 0. The number of benzene rings is 1. The Hall–Kier alpha value is -2.04. The minimum absolute atomic E-state index is 0.121. The molecular formula is C14H18N4O. The van der Waals surface area contributed by atoms with Crippen LogP contribution < -0.4 is 11.4 Å². The van der Waals surface area contributed by atoms with Gasteiger partial charge in [-0.25, -0.2) is 9.89 Å². The summed E-state index contributed by atoms with van der Waals surface area (Å²) in [4.78, 5) is 12.0. The van der Waals surface area contributed by atoms with E-state index in [1.807, 2.05) is 24.3 Å². The van der Waals surface area contributed by atoms with Crippen LogP contribution in [0, 0.1) is 0 Å². The van der Waals surface area contributed by atoms with Crippen LogP contribution in [-0.2, 0) is 0 Å². The van der Waals surface area contributed by atoms with Crippen LogP contribution in [-0.4, -0.2) is 14.8 Å². The first-order chi connectivity index (χ1) is 9.25. The normalized spacial score (nSPS) is 16.6. The second kappa shape index (κ2) is 4.91. The Bertz CT molecular complexity index is 622. The SMILES string of the molecule is Nc1cccc(-c2n[nH]c(=O)n2C2CCCCC2)c1. The van der Waals surface area contributed by atoms with E-state index in [1.54, 1.807) is 4.57 Å². The van der Waals surface area contributed by atoms with Crippen molar-refractivity contribution in [3.63, 3.8) is 0 Å². The average molecular weight is 258 g/mol. The lowest BCUT2D eigenvalue weighted by Gasteiger charge is -2.23. The van der Waals surface area contributed by atoms with Crippen LogP contribution in [0.1, 0.15) is 38.1 Å². The second-order valence-electron chi connectivity index (χ2n) is 5.14. The number of aromatic nitrogens is 3. The molecule has 1 saturated carbocycles. The van der Waals surface area contributed by atoms with Gasteiger partial charge in [-0.3, -0.25) is 4.57 Å². The standard InChI is InChI=1S/C14H18N4O/c15-11-6-4-5-10(9-11)13-16-17-14(19)18(13)12-7-2-1-3-8-12/h4-6,9,12H,1-3,7-8,15H2,(H,17,19). The highest BCUT2D eigenvalue weighted by Gasteiger charge is 2.21. The molecule has 100 valence electrons. The van der Waals surface area contributed by atoms with Crippen molar-refractivity contribution in [1.29, 1.82) is 0 Å². The van der Waals surface area contributed by atoms with Gasteiger partial charge in [0.25, 0.3) is 0 Å². The van der Waals surface area contributed by atoms with Gasteiger partial charge in [-0.2, -0.15) is 5.10 Å². The lowest BCUT2D eigenvalue weighted by Crippen LogP contribution is -2.24. The van der Waals surface area contributed by atoms with E-state index in [1.165, 1.54) is 19.3 Å². The first-order valence-electron chi connectivity index (χ1n) is 6.78. The van der Waals surface area contributed by atoms with Crippen LogP contribution in [0.3, 0.4) is 0 Å². The first-order valence-corrected chi connectivity index (χ1v) is 6.78. The van der Waals surface area contributed by atoms with E-state index in [0.717, 1.165) is 18.4 Å². The minimum atomic E-state index is -0.121. The number of hydrogen-bond acceptors (Lipinski definition) is 3. The lowest BCUT2D eigenvalue weighted by atomic mass is 9.95. The first kappa shape index (κ1) is 12.0. The quantitative estimate of drug-likeness (QED) is 0.811. The maximum atomic E-state index is 12.0. The summed E-state index contributed by atoms with van der Waals surface area (Å²) in [5, 5.41) is 6.74. The molecule has 19 heavy (non-hydrogen) atoms. The highest BCUT2D eigenvalue weighted by atomic mass is 16.1. The number of hydrogen-bond donors (Lipinski definition) is 2. The van der Waals surface area contributed by atoms with Gasteiger partial charge in [0.15, 0.2) is 5.82 Å². The summed E-state index contributed by atoms with van der Waals surface area (Å²) in [6, 6.07) is 7.77. The number of nitrogens with zero attached hydrogens (tertiary/aromatic N) is 2. The number of nitrogens with two attached hydrogens (primary N) is 1. The molecule has 0 unspecified atom stereocenters. The van der Waals surface area contributed by atoms with Crippen LogP contribution in [0.5, 0.6) is 0 Å². The molecular weight excluding hydrogens is 240 g/mol. The van der Waals surface area contributed by atoms with Crippen LogP contribution in [0.15, 0.2) is 29.1 Å². The van der Waals surface area contributed by atoms with Crippen LogP contribution in [0.25, 0.3) is 11.4 Å². The van der Waals surface area contributed by atoms with Crippen molar-refractivity contribution >= 4 is 5.69 Å². The van der Waals surface area contributed by atoms with Crippen molar-refractivity contribution in [2.75, 3.05) is 5.73 Å². The molecule has 5 nitrogen and oxygen atoms in total. The molecule has 3 rings (SSSR count). The van der Waals surface area contributed by atoms with E-state index in [4.69, 9.17) is 5.73 Å². The fourth-order valence-corrected chi connectivity index (χ4v) is 2.86. The van der Waals surface area contributed by atoms with Gasteiger partial charge in [0.05, 0.1) is 0 Å². The van der Waals surface area contributed by atoms with Crippen LogP contribution in [0.2, 0.25) is 0 Å². The van der Waals surface area contributed by atoms with Gasteiger partial charge in [-0.15, -0.1) is 0 Å². The van der Waals surface area contributed by atoms with Gasteiger partial charge in [-0.1, -0.05) is 31.4 Å². The third-order valence-corrected chi connectivity index (χ3v) is 3.79. The largest absolute Gasteiger partial charge is 0.399 e. The second-order valence-corrected chi connectivity index (χ2v) is 5.14. The van der Waals surface area contributed by atoms with E-state index in [0.29, 0.717) is 11.5 Å². The fraction of sp³-hybridized carbons (Fsp3) is 0.429. The van der Waals surface area contributed by atoms with Crippen LogP contribution >= 0.6 is 0 Å². The van der Waals surface area contributed by atoms with Crippen molar-refractivity contribution in [2.45, 2.75) is 38.1 Å². The van der Waals surface area contributed by atoms with E-state index in [-0.39, 0.29) is 11.7 Å². The molecule has 0 spiro atoms. The highest BCUT2D eigenvalue weighted by Crippen LogP contribution is 2.30. The summed E-state index contributed by atoms with van der Waals surface area (Å²) in [6.45, 7) is 0. The third kappa shape index (κ3) is 2.28. The zero-order valence-corrected chi connectivity index (χ0v) is 10.8. The van der Waals surface area contributed by atoms with Gasteiger partial charge in [0.2, 0.25) is 0 Å². The van der Waals surface area contributed by atoms with E-state index >= 15 is 0 Å². The average Bonchev–Trinajstić information content (AvgIpc) is 2.82. The topological polar surface area (TPSA) is 76.7 Å². The summed E-state index contributed by atoms with van der Waals surface area (Å²) in [6.07, 6.45) is 5.72. The van der Waals surface area contributed by atoms with Crippen molar-refractivity contribution in [2.24, 2.45) is 0 Å². The molecule has 0 aliphatic heterocycles. The van der Waals surface area contributed by atoms with Crippen molar-refractivity contribution < 1.29 is 0 Å². The Morgan fingerprint density at radius 1 is 1.26 bits per heavy atom. The highest BCUT2D eigenvalue weighted by molar-refractivity contribution is 5.61. The summed E-state index contributed by atoms with van der Waals surface area (Å²) >= 11 is 0. The molecule has 1 aromatic heterocycles. The predicted molar refractivity (Wildman–Crippen MR) is 74.8 cm³/mol. The predicted octanol–water partition coefficient (Wildman–Crippen LogP) is 2.33. The maximum absolute atomic E-state index is 12.0. The van der Waals surface area contributed by atoms with E-state index in [9.17, 15) is 4.79 Å². The van der Waals surface area contributed by atoms with Gasteiger partial charge in [0, 0.05) is 17.3 Å². The molecule has 2 aromatic rings. The molecule has 0 saturated heterocycles. The molecule has 1 fully saturated rings. The van der Waals surface area contributed by atoms with Gasteiger partial charge < -0.3 is 5.73 Å². The monoisotopic (exact) mass is 258 g/mol. The van der Waals surface area contributed by atoms with E-state index < -0.39 is 0 Å². The molecule has 1 aliphatic carbocycles. The summed E-state index contributed by atoms with van der Waals surface area (Å²) < 4.78 is 1.80.